The molecular formula is C50H33N3S. The highest BCUT2D eigenvalue weighted by Crippen LogP contribution is 2.47. The largest absolute Gasteiger partial charge is 0.309 e. The van der Waals surface area contributed by atoms with Crippen LogP contribution in [0.15, 0.2) is 164 Å². The van der Waals surface area contributed by atoms with Crippen LogP contribution in [-0.4, -0.2) is 9.13 Å². The van der Waals surface area contributed by atoms with Crippen molar-refractivity contribution in [1.82, 2.24) is 9.13 Å². The predicted molar refractivity (Wildman–Crippen MR) is 227 cm³/mol. The molecule has 254 valence electrons. The molecule has 0 radical (unpaired) electrons. The molecule has 1 aliphatic rings. The van der Waals surface area contributed by atoms with Crippen LogP contribution in [0.2, 0.25) is 0 Å². The Hall–Kier alpha value is -6.67. The van der Waals surface area contributed by atoms with E-state index in [1.54, 1.807) is 0 Å². The minimum Gasteiger partial charge on any atom is -0.309 e. The van der Waals surface area contributed by atoms with Gasteiger partial charge in [-0.25, -0.2) is 0 Å². The molecule has 0 saturated heterocycles. The summed E-state index contributed by atoms with van der Waals surface area (Å²) < 4.78 is 7.32. The van der Waals surface area contributed by atoms with Crippen molar-refractivity contribution in [1.29, 1.82) is 5.26 Å². The van der Waals surface area contributed by atoms with E-state index in [1.807, 2.05) is 29.5 Å². The Kier molecular flexibility index (Phi) is 6.83. The lowest BCUT2D eigenvalue weighted by atomic mass is 9.84. The molecule has 0 spiro atoms. The van der Waals surface area contributed by atoms with E-state index in [0.29, 0.717) is 11.5 Å². The summed E-state index contributed by atoms with van der Waals surface area (Å²) in [5.74, 6) is 0.353. The van der Waals surface area contributed by atoms with Gasteiger partial charge in [-0.3, -0.25) is 0 Å². The topological polar surface area (TPSA) is 33.6 Å². The summed E-state index contributed by atoms with van der Waals surface area (Å²) >= 11 is 1.86. The van der Waals surface area contributed by atoms with Gasteiger partial charge in [0.1, 0.15) is 6.07 Å². The number of nitrogens with zero attached hydrogens (tertiary/aromatic N) is 3. The molecule has 4 heteroatoms. The number of thiophene rings is 1. The molecule has 1 unspecified atom stereocenters. The van der Waals surface area contributed by atoms with Crippen LogP contribution < -0.4 is 0 Å². The number of para-hydroxylation sites is 5. The molecular weight excluding hydrogens is 675 g/mol. The van der Waals surface area contributed by atoms with Crippen molar-refractivity contribution in [2.75, 3.05) is 0 Å². The molecule has 0 fully saturated rings. The van der Waals surface area contributed by atoms with E-state index in [9.17, 15) is 5.26 Å². The molecule has 11 rings (SSSR count). The molecule has 0 bridgehead atoms. The lowest BCUT2D eigenvalue weighted by Gasteiger charge is -2.23. The molecule has 1 atom stereocenters. The maximum atomic E-state index is 10.2. The van der Waals surface area contributed by atoms with Crippen LogP contribution in [0.3, 0.4) is 0 Å². The lowest BCUT2D eigenvalue weighted by molar-refractivity contribution is 0.768. The summed E-state index contributed by atoms with van der Waals surface area (Å²) in [5, 5.41) is 16.5. The van der Waals surface area contributed by atoms with Crippen molar-refractivity contribution in [3.63, 3.8) is 0 Å². The van der Waals surface area contributed by atoms with Gasteiger partial charge in [0.2, 0.25) is 0 Å². The standard InChI is InChI=1S/C50H33N3S/c1-31-22-25-37(50-48(31)40-16-7-10-21-45(40)53(50)43-19-8-5-12-34(43)30-51)33-24-27-47-42(29-33)41-28-32(23-26-46(41)54-47)36-17-11-18-39-38-15-6-9-20-44(38)52(49(36)39)35-13-3-2-4-14-35/h2-21,23-29,31H,22H2,1H3. The molecule has 0 saturated carbocycles. The van der Waals surface area contributed by atoms with Crippen molar-refractivity contribution in [3.8, 4) is 28.6 Å². The third-order valence-corrected chi connectivity index (χ3v) is 12.6. The number of benzene rings is 7. The summed E-state index contributed by atoms with van der Waals surface area (Å²) in [5.41, 5.74) is 13.7. The number of hydrogen-bond acceptors (Lipinski definition) is 2. The van der Waals surface area contributed by atoms with Crippen LogP contribution in [0.5, 0.6) is 0 Å². The first kappa shape index (κ1) is 30.9. The van der Waals surface area contributed by atoms with Crippen LogP contribution in [-0.2, 0) is 0 Å². The fraction of sp³-hybridized carbons (Fsp3) is 0.0600. The first-order chi connectivity index (χ1) is 26.7. The maximum Gasteiger partial charge on any atom is 0.101 e. The minimum absolute atomic E-state index is 0.353. The van der Waals surface area contributed by atoms with E-state index >= 15 is 0 Å². The van der Waals surface area contributed by atoms with Gasteiger partial charge >= 0.3 is 0 Å². The monoisotopic (exact) mass is 707 g/mol. The first-order valence-electron chi connectivity index (χ1n) is 18.6. The van der Waals surface area contributed by atoms with Gasteiger partial charge in [0.15, 0.2) is 0 Å². The van der Waals surface area contributed by atoms with E-state index in [1.165, 1.54) is 80.9 Å². The quantitative estimate of drug-likeness (QED) is 0.179. The van der Waals surface area contributed by atoms with E-state index in [-0.39, 0.29) is 0 Å². The second-order valence-corrected chi connectivity index (χ2v) is 15.5. The van der Waals surface area contributed by atoms with Gasteiger partial charge < -0.3 is 9.13 Å². The Morgan fingerprint density at radius 1 is 0.593 bits per heavy atom. The van der Waals surface area contributed by atoms with E-state index in [4.69, 9.17) is 0 Å². The van der Waals surface area contributed by atoms with Gasteiger partial charge in [-0.15, -0.1) is 11.3 Å². The SMILES string of the molecule is CC1CC=C(c2ccc3sc4ccc(-c5cccc6c7ccccc7n(-c7ccccc7)c56)cc4c3c2)c2c1c1ccccc1n2-c1ccccc1C#N. The van der Waals surface area contributed by atoms with Crippen molar-refractivity contribution >= 4 is 69.8 Å². The Balaban J connectivity index is 1.13. The van der Waals surface area contributed by atoms with Crippen molar-refractivity contribution in [2.45, 2.75) is 19.3 Å². The van der Waals surface area contributed by atoms with Crippen LogP contribution in [0.25, 0.3) is 81.0 Å². The van der Waals surface area contributed by atoms with Gasteiger partial charge in [0.25, 0.3) is 0 Å². The van der Waals surface area contributed by atoms with E-state index in [2.05, 4.69) is 168 Å². The highest BCUT2D eigenvalue weighted by atomic mass is 32.1. The van der Waals surface area contributed by atoms with Gasteiger partial charge in [-0.1, -0.05) is 110 Å². The Bertz CT molecular complexity index is 3220. The highest BCUT2D eigenvalue weighted by Gasteiger charge is 2.29. The number of allylic oxidation sites excluding steroid dienone is 1. The van der Waals surface area contributed by atoms with Crippen LogP contribution in [0.4, 0.5) is 0 Å². The van der Waals surface area contributed by atoms with E-state index in [0.717, 1.165) is 23.3 Å². The molecule has 3 heterocycles. The zero-order valence-electron chi connectivity index (χ0n) is 29.6. The summed E-state index contributed by atoms with van der Waals surface area (Å²) in [6, 6.07) is 59.3. The number of fused-ring (bicyclic) bond motifs is 9. The number of hydrogen-bond donors (Lipinski definition) is 0. The smallest absolute Gasteiger partial charge is 0.101 e. The average Bonchev–Trinajstić information content (AvgIpc) is 3.89. The summed E-state index contributed by atoms with van der Waals surface area (Å²) in [6.07, 6.45) is 3.38. The minimum atomic E-state index is 0.353. The summed E-state index contributed by atoms with van der Waals surface area (Å²) in [4.78, 5) is 0. The number of aromatic nitrogens is 2. The Morgan fingerprint density at radius 3 is 2.04 bits per heavy atom. The zero-order chi connectivity index (χ0) is 35.9. The molecule has 1 aliphatic carbocycles. The molecule has 7 aromatic carbocycles. The Labute approximate surface area is 316 Å². The van der Waals surface area contributed by atoms with Gasteiger partial charge in [0, 0.05) is 53.2 Å². The van der Waals surface area contributed by atoms with Crippen LogP contribution >= 0.6 is 11.3 Å². The normalized spacial score (nSPS) is 14.2. The fourth-order valence-corrected chi connectivity index (χ4v) is 10.1. The zero-order valence-corrected chi connectivity index (χ0v) is 30.4. The maximum absolute atomic E-state index is 10.2. The predicted octanol–water partition coefficient (Wildman–Crippen LogP) is 13.6. The molecule has 0 aliphatic heterocycles. The third-order valence-electron chi connectivity index (χ3n) is 11.4. The molecule has 3 aromatic heterocycles. The lowest BCUT2D eigenvalue weighted by Crippen LogP contribution is -2.09. The summed E-state index contributed by atoms with van der Waals surface area (Å²) in [7, 11) is 0. The molecule has 10 aromatic rings. The third kappa shape index (κ3) is 4.46. The van der Waals surface area contributed by atoms with Gasteiger partial charge in [0.05, 0.1) is 33.5 Å². The van der Waals surface area contributed by atoms with Crippen LogP contribution in [0.1, 0.15) is 41.6 Å². The number of rotatable bonds is 4. The van der Waals surface area contributed by atoms with Crippen molar-refractivity contribution < 1.29 is 0 Å². The highest BCUT2D eigenvalue weighted by molar-refractivity contribution is 7.25. The Morgan fingerprint density at radius 2 is 1.24 bits per heavy atom. The van der Waals surface area contributed by atoms with E-state index < -0.39 is 0 Å². The van der Waals surface area contributed by atoms with Crippen LogP contribution in [0, 0.1) is 11.3 Å². The first-order valence-corrected chi connectivity index (χ1v) is 19.4. The molecule has 54 heavy (non-hydrogen) atoms. The van der Waals surface area contributed by atoms with Crippen molar-refractivity contribution in [2.24, 2.45) is 0 Å². The molecule has 0 N–H and O–H groups in total. The molecule has 0 amide bonds. The second-order valence-electron chi connectivity index (χ2n) is 14.4. The molecule has 3 nitrogen and oxygen atoms in total. The number of nitriles is 1. The second kappa shape index (κ2) is 11.9. The van der Waals surface area contributed by atoms with Crippen molar-refractivity contribution in [3.05, 3.63) is 186 Å². The fourth-order valence-electron chi connectivity index (χ4n) is 9.02. The average molecular weight is 708 g/mol. The summed E-state index contributed by atoms with van der Waals surface area (Å²) in [6.45, 7) is 2.33. The van der Waals surface area contributed by atoms with Gasteiger partial charge in [-0.05, 0) is 89.7 Å². The van der Waals surface area contributed by atoms with Gasteiger partial charge in [-0.2, -0.15) is 5.26 Å².